The smallest absolute Gasteiger partial charge is 0.250 e. The number of amides is 1. The van der Waals surface area contributed by atoms with Gasteiger partial charge in [-0.25, -0.2) is 9.97 Å². The fourth-order valence-electron chi connectivity index (χ4n) is 1.52. The van der Waals surface area contributed by atoms with Gasteiger partial charge in [0.1, 0.15) is 6.61 Å². The molecular weight excluding hydrogens is 242 g/mol. The molecule has 0 unspecified atom stereocenters. The average molecular weight is 257 g/mol. The summed E-state index contributed by atoms with van der Waals surface area (Å²) in [5, 5.41) is 2.67. The fourth-order valence-corrected chi connectivity index (χ4v) is 1.52. The fraction of sp³-hybridized carbons (Fsp3) is 0.214. The van der Waals surface area contributed by atoms with Crippen LogP contribution in [0.5, 0.6) is 0 Å². The number of hydrogen-bond acceptors (Lipinski definition) is 4. The highest BCUT2D eigenvalue weighted by atomic mass is 16.5. The van der Waals surface area contributed by atoms with Crippen LogP contribution in [0, 0.1) is 0 Å². The molecule has 0 aliphatic heterocycles. The van der Waals surface area contributed by atoms with Crippen LogP contribution in [-0.2, 0) is 9.53 Å². The second-order valence-electron chi connectivity index (χ2n) is 3.85. The maximum absolute atomic E-state index is 11.4. The van der Waals surface area contributed by atoms with Gasteiger partial charge in [-0.1, -0.05) is 30.3 Å². The number of carbonyl (C=O) groups is 1. The van der Waals surface area contributed by atoms with Crippen LogP contribution in [-0.4, -0.2) is 29.1 Å². The van der Waals surface area contributed by atoms with Gasteiger partial charge in [0.15, 0.2) is 5.82 Å². The van der Waals surface area contributed by atoms with E-state index in [0.717, 1.165) is 5.56 Å². The van der Waals surface area contributed by atoms with Crippen molar-refractivity contribution in [1.82, 2.24) is 9.97 Å². The number of benzene rings is 1. The minimum Gasteiger partial charge on any atom is -0.372 e. The van der Waals surface area contributed by atoms with Gasteiger partial charge in [0.05, 0.1) is 18.1 Å². The van der Waals surface area contributed by atoms with Crippen molar-refractivity contribution < 1.29 is 9.53 Å². The molecule has 0 aliphatic rings. The molecule has 5 nitrogen and oxygen atoms in total. The molecule has 19 heavy (non-hydrogen) atoms. The van der Waals surface area contributed by atoms with E-state index in [4.69, 9.17) is 4.74 Å². The van der Waals surface area contributed by atoms with E-state index < -0.39 is 0 Å². The second kappa shape index (κ2) is 6.61. The quantitative estimate of drug-likeness (QED) is 0.891. The van der Waals surface area contributed by atoms with Crippen molar-refractivity contribution in [2.75, 3.05) is 18.5 Å². The highest BCUT2D eigenvalue weighted by Crippen LogP contribution is 2.14. The predicted octanol–water partition coefficient (Wildman–Crippen LogP) is 2.12. The Labute approximate surface area is 111 Å². The zero-order chi connectivity index (χ0) is 13.5. The van der Waals surface area contributed by atoms with E-state index in [-0.39, 0.29) is 12.5 Å². The lowest BCUT2D eigenvalue weighted by molar-refractivity contribution is -0.120. The van der Waals surface area contributed by atoms with Gasteiger partial charge in [-0.2, -0.15) is 0 Å². The number of aromatic nitrogens is 2. The molecule has 1 aromatic heterocycles. The molecule has 0 bridgehead atoms. The number of ether oxygens (including phenoxy) is 1. The number of nitrogens with one attached hydrogen (secondary N) is 1. The number of nitrogens with zero attached hydrogens (tertiary/aromatic N) is 2. The van der Waals surface area contributed by atoms with E-state index in [1.54, 1.807) is 12.4 Å². The van der Waals surface area contributed by atoms with Crippen molar-refractivity contribution in [2.45, 2.75) is 6.92 Å². The van der Waals surface area contributed by atoms with Crippen LogP contribution in [0.2, 0.25) is 0 Å². The Morgan fingerprint density at radius 2 is 1.89 bits per heavy atom. The lowest BCUT2D eigenvalue weighted by Gasteiger charge is -2.05. The van der Waals surface area contributed by atoms with Crippen molar-refractivity contribution >= 4 is 11.6 Å². The summed E-state index contributed by atoms with van der Waals surface area (Å²) in [4.78, 5) is 19.9. The van der Waals surface area contributed by atoms with Gasteiger partial charge < -0.3 is 10.1 Å². The maximum atomic E-state index is 11.4. The molecule has 1 amide bonds. The van der Waals surface area contributed by atoms with Crippen LogP contribution in [0.3, 0.4) is 0 Å². The summed E-state index contributed by atoms with van der Waals surface area (Å²) >= 11 is 0. The van der Waals surface area contributed by atoms with E-state index >= 15 is 0 Å². The van der Waals surface area contributed by atoms with E-state index in [2.05, 4.69) is 15.3 Å². The Morgan fingerprint density at radius 1 is 1.21 bits per heavy atom. The summed E-state index contributed by atoms with van der Waals surface area (Å²) in [6.07, 6.45) is 3.17. The van der Waals surface area contributed by atoms with Gasteiger partial charge in [-0.15, -0.1) is 0 Å². The average Bonchev–Trinajstić information content (AvgIpc) is 2.47. The van der Waals surface area contributed by atoms with Crippen molar-refractivity contribution in [3.8, 4) is 11.4 Å². The van der Waals surface area contributed by atoms with Crippen molar-refractivity contribution in [3.63, 3.8) is 0 Å². The molecule has 0 saturated heterocycles. The Balaban J connectivity index is 2.01. The molecule has 0 aliphatic carbocycles. The molecule has 0 spiro atoms. The number of carbonyl (C=O) groups excluding carboxylic acids is 1. The molecule has 2 aromatic rings. The first-order valence-corrected chi connectivity index (χ1v) is 6.04. The highest BCUT2D eigenvalue weighted by molar-refractivity contribution is 5.91. The lowest BCUT2D eigenvalue weighted by atomic mass is 10.2. The van der Waals surface area contributed by atoms with Gasteiger partial charge >= 0.3 is 0 Å². The largest absolute Gasteiger partial charge is 0.372 e. The number of hydrogen-bond donors (Lipinski definition) is 1. The zero-order valence-electron chi connectivity index (χ0n) is 10.7. The molecule has 1 heterocycles. The molecule has 0 fully saturated rings. The standard InChI is InChI=1S/C14H15N3O2/c1-2-19-10-13(18)17-12-8-15-14(16-9-12)11-6-4-3-5-7-11/h3-9H,2,10H2,1H3,(H,17,18). The molecule has 0 radical (unpaired) electrons. The molecule has 0 atom stereocenters. The summed E-state index contributed by atoms with van der Waals surface area (Å²) in [5.41, 5.74) is 1.50. The molecule has 98 valence electrons. The first-order valence-electron chi connectivity index (χ1n) is 6.04. The van der Waals surface area contributed by atoms with Crippen molar-refractivity contribution in [1.29, 1.82) is 0 Å². The lowest BCUT2D eigenvalue weighted by Crippen LogP contribution is -2.18. The predicted molar refractivity (Wildman–Crippen MR) is 72.6 cm³/mol. The van der Waals surface area contributed by atoms with Crippen LogP contribution >= 0.6 is 0 Å². The van der Waals surface area contributed by atoms with Crippen LogP contribution in [0.25, 0.3) is 11.4 Å². The minimum atomic E-state index is -0.210. The third-order valence-corrected chi connectivity index (χ3v) is 2.40. The van der Waals surface area contributed by atoms with E-state index in [1.807, 2.05) is 37.3 Å². The van der Waals surface area contributed by atoms with Gasteiger partial charge in [-0.3, -0.25) is 4.79 Å². The topological polar surface area (TPSA) is 64.1 Å². The van der Waals surface area contributed by atoms with Gasteiger partial charge in [0.2, 0.25) is 5.91 Å². The first-order chi connectivity index (χ1) is 9.29. The number of rotatable bonds is 5. The molecule has 0 saturated carbocycles. The van der Waals surface area contributed by atoms with Crippen molar-refractivity contribution in [3.05, 3.63) is 42.7 Å². The minimum absolute atomic E-state index is 0.0386. The second-order valence-corrected chi connectivity index (χ2v) is 3.85. The normalized spacial score (nSPS) is 10.2. The Kier molecular flexibility index (Phi) is 4.58. The summed E-state index contributed by atoms with van der Waals surface area (Å²) in [6.45, 7) is 2.39. The first kappa shape index (κ1) is 13.2. The summed E-state index contributed by atoms with van der Waals surface area (Å²) in [7, 11) is 0. The summed E-state index contributed by atoms with van der Waals surface area (Å²) < 4.78 is 5.01. The van der Waals surface area contributed by atoms with E-state index in [9.17, 15) is 4.79 Å². The monoisotopic (exact) mass is 257 g/mol. The van der Waals surface area contributed by atoms with Crippen LogP contribution in [0.1, 0.15) is 6.92 Å². The molecular formula is C14H15N3O2. The third kappa shape index (κ3) is 3.86. The SMILES string of the molecule is CCOCC(=O)Nc1cnc(-c2ccccc2)nc1. The van der Waals surface area contributed by atoms with E-state index in [0.29, 0.717) is 18.1 Å². The number of anilines is 1. The molecule has 5 heteroatoms. The zero-order valence-corrected chi connectivity index (χ0v) is 10.7. The van der Waals surface area contributed by atoms with Gasteiger partial charge in [0, 0.05) is 12.2 Å². The Bertz CT molecular complexity index is 526. The van der Waals surface area contributed by atoms with Gasteiger partial charge in [0.25, 0.3) is 0 Å². The Morgan fingerprint density at radius 3 is 2.53 bits per heavy atom. The molecule has 1 aromatic carbocycles. The van der Waals surface area contributed by atoms with Gasteiger partial charge in [-0.05, 0) is 6.92 Å². The highest BCUT2D eigenvalue weighted by Gasteiger charge is 2.04. The van der Waals surface area contributed by atoms with Crippen molar-refractivity contribution in [2.24, 2.45) is 0 Å². The molecule has 1 N–H and O–H groups in total. The van der Waals surface area contributed by atoms with Crippen LogP contribution in [0.4, 0.5) is 5.69 Å². The summed E-state index contributed by atoms with van der Waals surface area (Å²) in [6, 6.07) is 9.66. The van der Waals surface area contributed by atoms with E-state index in [1.165, 1.54) is 0 Å². The van der Waals surface area contributed by atoms with Crippen LogP contribution in [0.15, 0.2) is 42.7 Å². The third-order valence-electron chi connectivity index (χ3n) is 2.40. The maximum Gasteiger partial charge on any atom is 0.250 e. The van der Waals surface area contributed by atoms with Crippen LogP contribution < -0.4 is 5.32 Å². The molecule has 2 rings (SSSR count). The Hall–Kier alpha value is -2.27. The summed E-state index contributed by atoms with van der Waals surface area (Å²) in [5.74, 6) is 0.418.